The van der Waals surface area contributed by atoms with Crippen molar-refractivity contribution in [2.45, 2.75) is 6.92 Å². The van der Waals surface area contributed by atoms with Crippen LogP contribution in [0.5, 0.6) is 0 Å². The van der Waals surface area contributed by atoms with E-state index in [-0.39, 0.29) is 5.78 Å². The summed E-state index contributed by atoms with van der Waals surface area (Å²) >= 11 is 6.77. The predicted molar refractivity (Wildman–Crippen MR) is 76.5 cm³/mol. The first-order valence-electron chi connectivity index (χ1n) is 5.14. The number of aryl methyl sites for hydroxylation is 1. The average Bonchev–Trinajstić information content (AvgIpc) is 2.26. The van der Waals surface area contributed by atoms with Crippen LogP contribution in [-0.4, -0.2) is 5.78 Å². The number of rotatable bonds is 2. The van der Waals surface area contributed by atoms with Gasteiger partial charge in [0.25, 0.3) is 0 Å². The van der Waals surface area contributed by atoms with Crippen molar-refractivity contribution in [3.63, 3.8) is 0 Å². The molecule has 0 aliphatic carbocycles. The van der Waals surface area contributed by atoms with Crippen LogP contribution in [0.25, 0.3) is 0 Å². The SMILES string of the molecule is Cc1cccc(C(=O)c2cc(Br)cc(Br)c2)c1. The molecule has 3 heteroatoms. The molecular formula is C14H10Br2O. The Hall–Kier alpha value is -0.930. The fraction of sp³-hybridized carbons (Fsp3) is 0.0714. The van der Waals surface area contributed by atoms with Crippen molar-refractivity contribution < 1.29 is 4.79 Å². The third-order valence-corrected chi connectivity index (χ3v) is 3.32. The quantitative estimate of drug-likeness (QED) is 0.712. The molecule has 0 amide bonds. The van der Waals surface area contributed by atoms with Gasteiger partial charge in [0.1, 0.15) is 0 Å². The standard InChI is InChI=1S/C14H10Br2O/c1-9-3-2-4-10(5-9)14(17)11-6-12(15)8-13(16)7-11/h2-8H,1H3. The van der Waals surface area contributed by atoms with Crippen molar-refractivity contribution >= 4 is 37.6 Å². The van der Waals surface area contributed by atoms with Crippen LogP contribution in [0, 0.1) is 6.92 Å². The van der Waals surface area contributed by atoms with E-state index in [2.05, 4.69) is 31.9 Å². The lowest BCUT2D eigenvalue weighted by atomic mass is 10.0. The van der Waals surface area contributed by atoms with Gasteiger partial charge in [-0.05, 0) is 31.2 Å². The van der Waals surface area contributed by atoms with Gasteiger partial charge in [0.2, 0.25) is 0 Å². The number of carbonyl (C=O) groups excluding carboxylic acids is 1. The van der Waals surface area contributed by atoms with Crippen LogP contribution in [0.15, 0.2) is 51.4 Å². The molecule has 86 valence electrons. The van der Waals surface area contributed by atoms with Crippen LogP contribution in [0.1, 0.15) is 21.5 Å². The van der Waals surface area contributed by atoms with E-state index < -0.39 is 0 Å². The number of hydrogen-bond acceptors (Lipinski definition) is 1. The largest absolute Gasteiger partial charge is 0.289 e. The first kappa shape index (κ1) is 12.5. The van der Waals surface area contributed by atoms with Crippen molar-refractivity contribution in [1.29, 1.82) is 0 Å². The van der Waals surface area contributed by atoms with Crippen molar-refractivity contribution in [2.75, 3.05) is 0 Å². The second kappa shape index (κ2) is 5.15. The Morgan fingerprint density at radius 3 is 2.18 bits per heavy atom. The van der Waals surface area contributed by atoms with Crippen molar-refractivity contribution in [3.8, 4) is 0 Å². The van der Waals surface area contributed by atoms with Gasteiger partial charge < -0.3 is 0 Å². The molecule has 0 radical (unpaired) electrons. The van der Waals surface area contributed by atoms with Crippen molar-refractivity contribution in [3.05, 3.63) is 68.1 Å². The van der Waals surface area contributed by atoms with Gasteiger partial charge in [-0.15, -0.1) is 0 Å². The molecule has 0 atom stereocenters. The molecule has 0 unspecified atom stereocenters. The fourth-order valence-corrected chi connectivity index (χ4v) is 2.93. The summed E-state index contributed by atoms with van der Waals surface area (Å²) in [5, 5.41) is 0. The molecular weight excluding hydrogens is 344 g/mol. The van der Waals surface area contributed by atoms with Crippen LogP contribution in [-0.2, 0) is 0 Å². The summed E-state index contributed by atoms with van der Waals surface area (Å²) < 4.78 is 1.78. The third-order valence-electron chi connectivity index (χ3n) is 2.41. The van der Waals surface area contributed by atoms with Gasteiger partial charge in [-0.25, -0.2) is 0 Å². The maximum atomic E-state index is 12.3. The van der Waals surface area contributed by atoms with Crippen LogP contribution >= 0.6 is 31.9 Å². The number of benzene rings is 2. The zero-order valence-corrected chi connectivity index (χ0v) is 12.4. The molecule has 0 fully saturated rings. The fourth-order valence-electron chi connectivity index (χ4n) is 1.64. The smallest absolute Gasteiger partial charge is 0.193 e. The summed E-state index contributed by atoms with van der Waals surface area (Å²) in [4.78, 5) is 12.3. The highest BCUT2D eigenvalue weighted by Crippen LogP contribution is 2.22. The predicted octanol–water partition coefficient (Wildman–Crippen LogP) is 4.75. The van der Waals surface area contributed by atoms with E-state index >= 15 is 0 Å². The van der Waals surface area contributed by atoms with E-state index in [0.29, 0.717) is 5.56 Å². The van der Waals surface area contributed by atoms with E-state index in [0.717, 1.165) is 20.1 Å². The maximum absolute atomic E-state index is 12.3. The highest BCUT2D eigenvalue weighted by Gasteiger charge is 2.10. The van der Waals surface area contributed by atoms with Crippen LogP contribution in [0.3, 0.4) is 0 Å². The minimum absolute atomic E-state index is 0.0377. The Bertz CT molecular complexity index is 556. The molecule has 0 aliphatic rings. The number of hydrogen-bond donors (Lipinski definition) is 0. The minimum atomic E-state index is 0.0377. The first-order chi connectivity index (χ1) is 8.06. The highest BCUT2D eigenvalue weighted by molar-refractivity contribution is 9.11. The molecule has 2 aromatic carbocycles. The molecule has 0 saturated heterocycles. The molecule has 0 spiro atoms. The number of carbonyl (C=O) groups is 1. The van der Waals surface area contributed by atoms with Crippen LogP contribution < -0.4 is 0 Å². The molecule has 0 aromatic heterocycles. The van der Waals surface area contributed by atoms with Crippen LogP contribution in [0.4, 0.5) is 0 Å². The van der Waals surface area contributed by atoms with E-state index in [4.69, 9.17) is 0 Å². The second-order valence-electron chi connectivity index (χ2n) is 3.86. The summed E-state index contributed by atoms with van der Waals surface area (Å²) in [5.41, 5.74) is 2.48. The molecule has 1 nitrogen and oxygen atoms in total. The van der Waals surface area contributed by atoms with Gasteiger partial charge in [0.05, 0.1) is 0 Å². The van der Waals surface area contributed by atoms with E-state index in [1.165, 1.54) is 0 Å². The zero-order valence-electron chi connectivity index (χ0n) is 9.21. The first-order valence-corrected chi connectivity index (χ1v) is 6.72. The van der Waals surface area contributed by atoms with E-state index in [9.17, 15) is 4.79 Å². The summed E-state index contributed by atoms with van der Waals surface area (Å²) in [5.74, 6) is 0.0377. The Balaban J connectivity index is 2.43. The second-order valence-corrected chi connectivity index (χ2v) is 5.69. The average molecular weight is 354 g/mol. The van der Waals surface area contributed by atoms with Gasteiger partial charge in [-0.1, -0.05) is 55.6 Å². The number of ketones is 1. The van der Waals surface area contributed by atoms with Gasteiger partial charge in [0, 0.05) is 20.1 Å². The Kier molecular flexibility index (Phi) is 3.79. The zero-order chi connectivity index (χ0) is 12.4. The lowest BCUT2D eigenvalue weighted by Gasteiger charge is -2.04. The summed E-state index contributed by atoms with van der Waals surface area (Å²) in [6, 6.07) is 13.2. The van der Waals surface area contributed by atoms with Gasteiger partial charge >= 0.3 is 0 Å². The molecule has 0 aliphatic heterocycles. The lowest BCUT2D eigenvalue weighted by Crippen LogP contribution is -2.01. The molecule has 2 rings (SSSR count). The lowest BCUT2D eigenvalue weighted by molar-refractivity contribution is 0.103. The summed E-state index contributed by atoms with van der Waals surface area (Å²) in [6.45, 7) is 1.98. The van der Waals surface area contributed by atoms with Crippen molar-refractivity contribution in [1.82, 2.24) is 0 Å². The highest BCUT2D eigenvalue weighted by atomic mass is 79.9. The van der Waals surface area contributed by atoms with Gasteiger partial charge in [-0.3, -0.25) is 4.79 Å². The normalized spacial score (nSPS) is 10.3. The third kappa shape index (κ3) is 3.05. The maximum Gasteiger partial charge on any atom is 0.193 e. The van der Waals surface area contributed by atoms with E-state index in [1.807, 2.05) is 49.4 Å². The number of halogens is 2. The van der Waals surface area contributed by atoms with Gasteiger partial charge in [-0.2, -0.15) is 0 Å². The van der Waals surface area contributed by atoms with E-state index in [1.54, 1.807) is 0 Å². The Morgan fingerprint density at radius 2 is 1.59 bits per heavy atom. The Labute approximate surface area is 117 Å². The summed E-state index contributed by atoms with van der Waals surface area (Å²) in [6.07, 6.45) is 0. The Morgan fingerprint density at radius 1 is 0.941 bits per heavy atom. The molecule has 0 heterocycles. The van der Waals surface area contributed by atoms with Crippen LogP contribution in [0.2, 0.25) is 0 Å². The molecule has 0 saturated carbocycles. The molecule has 17 heavy (non-hydrogen) atoms. The monoisotopic (exact) mass is 352 g/mol. The summed E-state index contributed by atoms with van der Waals surface area (Å²) in [7, 11) is 0. The minimum Gasteiger partial charge on any atom is -0.289 e. The molecule has 0 bridgehead atoms. The van der Waals surface area contributed by atoms with Gasteiger partial charge in [0.15, 0.2) is 5.78 Å². The van der Waals surface area contributed by atoms with Crippen molar-refractivity contribution in [2.24, 2.45) is 0 Å². The molecule has 2 aromatic rings. The molecule has 0 N–H and O–H groups in total. The topological polar surface area (TPSA) is 17.1 Å².